The monoisotopic (exact) mass is 650 g/mol. The van der Waals surface area contributed by atoms with Gasteiger partial charge in [-0.3, -0.25) is 24.0 Å². The number of aromatic nitrogens is 2. The van der Waals surface area contributed by atoms with Crippen LogP contribution in [0.4, 0.5) is 18.9 Å². The van der Waals surface area contributed by atoms with Crippen LogP contribution in [0.15, 0.2) is 23.0 Å². The number of benzene rings is 1. The van der Waals surface area contributed by atoms with E-state index in [1.807, 2.05) is 19.9 Å². The van der Waals surface area contributed by atoms with Crippen molar-refractivity contribution in [2.45, 2.75) is 83.5 Å². The van der Waals surface area contributed by atoms with Gasteiger partial charge in [0.15, 0.2) is 0 Å². The number of fused-ring (bicyclic) bond motifs is 1. The Kier molecular flexibility index (Phi) is 10.2. The van der Waals surface area contributed by atoms with E-state index in [1.54, 1.807) is 9.13 Å². The molecule has 0 saturated carbocycles. The van der Waals surface area contributed by atoms with E-state index in [1.165, 1.54) is 71.2 Å². The number of nitrogens with zero attached hydrogens (tertiary/aromatic N) is 4. The van der Waals surface area contributed by atoms with E-state index >= 15 is 0 Å². The van der Waals surface area contributed by atoms with E-state index in [-0.39, 0.29) is 30.0 Å². The Balaban J connectivity index is 0.000000537. The van der Waals surface area contributed by atoms with Crippen LogP contribution >= 0.6 is 0 Å². The first-order chi connectivity index (χ1) is 21.8. The fourth-order valence-electron chi connectivity index (χ4n) is 7.56. The van der Waals surface area contributed by atoms with Gasteiger partial charge in [0.25, 0.3) is 0 Å². The molecule has 1 aromatic carbocycles. The molecule has 4 aliphatic heterocycles. The normalized spacial score (nSPS) is 23.0. The van der Waals surface area contributed by atoms with Crippen LogP contribution in [-0.2, 0) is 14.4 Å². The number of carbonyl (C=O) groups is 3. The van der Waals surface area contributed by atoms with Crippen LogP contribution in [0.25, 0.3) is 11.0 Å². The highest BCUT2D eigenvalue weighted by Gasteiger charge is 2.38. The van der Waals surface area contributed by atoms with Crippen LogP contribution in [0, 0.1) is 11.3 Å². The van der Waals surface area contributed by atoms with Crippen molar-refractivity contribution in [3.8, 4) is 0 Å². The Morgan fingerprint density at radius 2 is 1.61 bits per heavy atom. The summed E-state index contributed by atoms with van der Waals surface area (Å²) < 4.78 is 35.1. The molecular weight excluding hydrogens is 605 g/mol. The van der Waals surface area contributed by atoms with Crippen molar-refractivity contribution in [2.75, 3.05) is 50.7 Å². The molecule has 46 heavy (non-hydrogen) atoms. The van der Waals surface area contributed by atoms with E-state index in [2.05, 4.69) is 32.6 Å². The molecule has 2 amide bonds. The van der Waals surface area contributed by atoms with E-state index in [9.17, 15) is 27.6 Å². The summed E-state index contributed by atoms with van der Waals surface area (Å²) in [5.41, 5.74) is 3.19. The van der Waals surface area contributed by atoms with Crippen molar-refractivity contribution < 1.29 is 32.7 Å². The maximum Gasteiger partial charge on any atom is 0.490 e. The first-order valence-electron chi connectivity index (χ1n) is 16.4. The van der Waals surface area contributed by atoms with Gasteiger partial charge in [0, 0.05) is 37.8 Å². The Hall–Kier alpha value is -3.39. The van der Waals surface area contributed by atoms with Crippen LogP contribution < -0.4 is 21.2 Å². The van der Waals surface area contributed by atoms with Crippen LogP contribution in [-0.4, -0.2) is 88.9 Å². The van der Waals surface area contributed by atoms with Gasteiger partial charge in [-0.25, -0.2) is 9.59 Å². The van der Waals surface area contributed by atoms with Gasteiger partial charge < -0.3 is 20.2 Å². The molecule has 3 N–H and O–H groups in total. The first kappa shape index (κ1) is 34.0. The van der Waals surface area contributed by atoms with Crippen LogP contribution in [0.5, 0.6) is 0 Å². The predicted molar refractivity (Wildman–Crippen MR) is 167 cm³/mol. The number of rotatable bonds is 5. The molecule has 2 aromatic rings. The number of hydrogen-bond donors (Lipinski definition) is 3. The van der Waals surface area contributed by atoms with Gasteiger partial charge in [0.05, 0.1) is 11.0 Å². The summed E-state index contributed by atoms with van der Waals surface area (Å²) in [5.74, 6) is -2.67. The topological polar surface area (TPSA) is 129 Å². The summed E-state index contributed by atoms with van der Waals surface area (Å²) in [5, 5.41) is 13.1. The van der Waals surface area contributed by atoms with Crippen molar-refractivity contribution >= 4 is 34.5 Å². The predicted octanol–water partition coefficient (Wildman–Crippen LogP) is 3.68. The number of piperidine rings is 4. The molecule has 1 aromatic heterocycles. The van der Waals surface area contributed by atoms with Crippen molar-refractivity contribution in [2.24, 2.45) is 11.3 Å². The zero-order chi connectivity index (χ0) is 33.2. The molecule has 0 aliphatic carbocycles. The molecule has 1 atom stereocenters. The van der Waals surface area contributed by atoms with Crippen LogP contribution in [0.2, 0.25) is 0 Å². The lowest BCUT2D eigenvalue weighted by molar-refractivity contribution is -0.192. The molecule has 0 bridgehead atoms. The summed E-state index contributed by atoms with van der Waals surface area (Å²) in [6.45, 7) is 12.2. The van der Waals surface area contributed by atoms with E-state index in [0.717, 1.165) is 35.7 Å². The highest BCUT2D eigenvalue weighted by molar-refractivity contribution is 6.00. The summed E-state index contributed by atoms with van der Waals surface area (Å²) >= 11 is 0. The molecule has 254 valence electrons. The number of imidazole rings is 1. The van der Waals surface area contributed by atoms with E-state index in [0.29, 0.717) is 11.8 Å². The zero-order valence-electron chi connectivity index (χ0n) is 26.6. The third-order valence-electron chi connectivity index (χ3n) is 10.2. The second-order valence-corrected chi connectivity index (χ2v) is 13.5. The summed E-state index contributed by atoms with van der Waals surface area (Å²) in [7, 11) is 0. The molecule has 4 saturated heterocycles. The number of alkyl halides is 3. The van der Waals surface area contributed by atoms with Crippen molar-refractivity contribution in [1.29, 1.82) is 0 Å². The Bertz CT molecular complexity index is 1480. The fourth-order valence-corrected chi connectivity index (χ4v) is 7.56. The molecule has 1 unspecified atom stereocenters. The lowest BCUT2D eigenvalue weighted by Gasteiger charge is -2.45. The van der Waals surface area contributed by atoms with Gasteiger partial charge in [0.1, 0.15) is 6.04 Å². The minimum atomic E-state index is -5.08. The number of imide groups is 1. The maximum absolute atomic E-state index is 13.5. The van der Waals surface area contributed by atoms with Gasteiger partial charge in [-0.05, 0) is 115 Å². The Labute approximate surface area is 266 Å². The number of likely N-dealkylation sites (tertiary alicyclic amines) is 1. The smallest absolute Gasteiger partial charge is 0.475 e. The summed E-state index contributed by atoms with van der Waals surface area (Å²) in [4.78, 5) is 51.9. The quantitative estimate of drug-likeness (QED) is 0.419. The average molecular weight is 651 g/mol. The van der Waals surface area contributed by atoms with E-state index < -0.39 is 18.2 Å². The van der Waals surface area contributed by atoms with Gasteiger partial charge in [-0.1, -0.05) is 0 Å². The maximum atomic E-state index is 13.5. The fraction of sp³-hybridized carbons (Fsp3) is 0.688. The number of halogens is 3. The number of anilines is 1. The molecule has 4 aliphatic rings. The van der Waals surface area contributed by atoms with E-state index in [4.69, 9.17) is 9.90 Å². The highest BCUT2D eigenvalue weighted by atomic mass is 19.4. The molecule has 11 nitrogen and oxygen atoms in total. The number of nitrogens with one attached hydrogen (secondary N) is 2. The number of carbonyl (C=O) groups excluding carboxylic acids is 2. The number of amides is 2. The average Bonchev–Trinajstić information content (AvgIpc) is 3.30. The van der Waals surface area contributed by atoms with Gasteiger partial charge in [-0.2, -0.15) is 13.2 Å². The summed E-state index contributed by atoms with van der Waals surface area (Å²) in [6.07, 6.45) is 3.34. The van der Waals surface area contributed by atoms with Crippen LogP contribution in [0.1, 0.15) is 77.3 Å². The first-order valence-corrected chi connectivity index (χ1v) is 16.4. The molecule has 1 spiro atoms. The van der Waals surface area contributed by atoms with Crippen molar-refractivity contribution in [3.63, 3.8) is 0 Å². The summed E-state index contributed by atoms with van der Waals surface area (Å²) in [6, 6.07) is 5.52. The third-order valence-corrected chi connectivity index (χ3v) is 10.2. The van der Waals surface area contributed by atoms with Gasteiger partial charge >= 0.3 is 17.8 Å². The largest absolute Gasteiger partial charge is 0.490 e. The van der Waals surface area contributed by atoms with Gasteiger partial charge in [-0.15, -0.1) is 0 Å². The van der Waals surface area contributed by atoms with Gasteiger partial charge in [0.2, 0.25) is 11.8 Å². The highest BCUT2D eigenvalue weighted by Crippen LogP contribution is 2.40. The standard InChI is InChI=1S/C30H44N6O3.C2HF3O2/c1-21(2)35-26-19-23(3-4-24(26)36(29(35)39)25-5-6-27(37)32-28(25)38)34-15-7-22(8-16-34)20-33-17-11-30(12-18-33)9-13-31-14-10-30;3-2(4,5)1(6)7/h3-4,19,21-22,25,31H,5-18,20H2,1-2H3,(H,32,37,38);(H,6,7). The second kappa shape index (κ2) is 13.8. The molecule has 0 radical (unpaired) electrons. The number of aliphatic carboxylic acids is 1. The lowest BCUT2D eigenvalue weighted by atomic mass is 9.71. The number of hydrogen-bond acceptors (Lipinski definition) is 7. The third kappa shape index (κ3) is 7.43. The van der Waals surface area contributed by atoms with Crippen molar-refractivity contribution in [3.05, 3.63) is 28.7 Å². The molecular formula is C32H45F3N6O5. The Morgan fingerprint density at radius 3 is 2.17 bits per heavy atom. The zero-order valence-corrected chi connectivity index (χ0v) is 26.6. The molecule has 14 heteroatoms. The molecule has 5 heterocycles. The minimum absolute atomic E-state index is 0.0379. The number of carboxylic acid groups (broad SMARTS) is 1. The minimum Gasteiger partial charge on any atom is -0.475 e. The van der Waals surface area contributed by atoms with Crippen molar-refractivity contribution in [1.82, 2.24) is 24.7 Å². The molecule has 6 rings (SSSR count). The lowest BCUT2D eigenvalue weighted by Crippen LogP contribution is -2.47. The van der Waals surface area contributed by atoms with Crippen LogP contribution in [0.3, 0.4) is 0 Å². The molecule has 4 fully saturated rings. The Morgan fingerprint density at radius 1 is 0.978 bits per heavy atom. The SMILES string of the molecule is CC(C)n1c(=O)n(C2CCC(=O)NC2=O)c2ccc(N3CCC(CN4CCC5(CCNCC5)CC4)CC3)cc21.O=C(O)C(F)(F)F. The number of carboxylic acids is 1. The second-order valence-electron chi connectivity index (χ2n) is 13.5.